The summed E-state index contributed by atoms with van der Waals surface area (Å²) in [5.41, 5.74) is 5.86. The number of aromatic nitrogens is 3. The zero-order valence-corrected chi connectivity index (χ0v) is 23.8. The molecule has 4 rings (SSSR count). The van der Waals surface area contributed by atoms with E-state index in [2.05, 4.69) is 21.2 Å². The molecule has 4 atom stereocenters. The largest absolute Gasteiger partial charge is 0.464 e. The maximum absolute atomic E-state index is 13.9. The van der Waals surface area contributed by atoms with E-state index in [-0.39, 0.29) is 24.9 Å². The average Bonchev–Trinajstić information content (AvgIpc) is 3.59. The fraction of sp³-hybridized carbons (Fsp3) is 0.481. The van der Waals surface area contributed by atoms with E-state index in [0.29, 0.717) is 29.9 Å². The quantitative estimate of drug-likeness (QED) is 0.218. The predicted octanol–water partition coefficient (Wildman–Crippen LogP) is 4.59. The number of nitriles is 1. The van der Waals surface area contributed by atoms with Crippen molar-refractivity contribution in [3.63, 3.8) is 0 Å². The molecule has 12 nitrogen and oxygen atoms in total. The van der Waals surface area contributed by atoms with Gasteiger partial charge >= 0.3 is 13.7 Å². The zero-order valence-electron chi connectivity index (χ0n) is 22.9. The first-order valence-electron chi connectivity index (χ1n) is 13.3. The minimum Gasteiger partial charge on any atom is -0.464 e. The second-order valence-corrected chi connectivity index (χ2v) is 11.5. The summed E-state index contributed by atoms with van der Waals surface area (Å²) in [5, 5.41) is 17.0. The molecule has 1 aromatic carbocycles. The van der Waals surface area contributed by atoms with Gasteiger partial charge in [0.25, 0.3) is 0 Å². The highest BCUT2D eigenvalue weighted by Crippen LogP contribution is 2.48. The van der Waals surface area contributed by atoms with Gasteiger partial charge in [0.2, 0.25) is 0 Å². The summed E-state index contributed by atoms with van der Waals surface area (Å²) in [5.74, 6) is 0.250. The standard InChI is InChI=1S/C27H35N6O6P/c1-4-20(5-2)15-36-26(34)19(3)32-40(35,39-21-9-7-6-8-10-21)37-17-27(16-28)14-13-24(38-27)22-11-12-23-25(29)30-18-31-33(22)23/h6-12,18-20,24H,4-5,13-15,17H2,1-3H3,(H,32,35)(H2,29,30,31)/t19-,24+,27+,40?/m0/s1. The lowest BCUT2D eigenvalue weighted by Crippen LogP contribution is -2.38. The molecule has 13 heteroatoms. The summed E-state index contributed by atoms with van der Waals surface area (Å²) in [4.78, 5) is 16.7. The van der Waals surface area contributed by atoms with Crippen molar-refractivity contribution < 1.29 is 27.9 Å². The van der Waals surface area contributed by atoms with E-state index >= 15 is 0 Å². The number of nitrogens with one attached hydrogen (secondary N) is 1. The van der Waals surface area contributed by atoms with Gasteiger partial charge in [-0.25, -0.2) is 14.1 Å². The molecular formula is C27H35N6O6P. The Hall–Kier alpha value is -3.49. The molecule has 3 aromatic rings. The third-order valence-electron chi connectivity index (χ3n) is 6.98. The minimum absolute atomic E-state index is 0.239. The Labute approximate surface area is 233 Å². The van der Waals surface area contributed by atoms with E-state index in [1.54, 1.807) is 40.9 Å². The summed E-state index contributed by atoms with van der Waals surface area (Å²) in [6.07, 6.45) is 3.41. The fourth-order valence-electron chi connectivity index (χ4n) is 4.44. The van der Waals surface area contributed by atoms with E-state index < -0.39 is 31.5 Å². The molecule has 1 unspecified atom stereocenters. The van der Waals surface area contributed by atoms with Crippen molar-refractivity contribution in [3.8, 4) is 11.8 Å². The van der Waals surface area contributed by atoms with Gasteiger partial charge in [-0.1, -0.05) is 44.9 Å². The summed E-state index contributed by atoms with van der Waals surface area (Å²) < 4.78 is 38.7. The molecule has 0 saturated carbocycles. The number of para-hydroxylation sites is 1. The summed E-state index contributed by atoms with van der Waals surface area (Å²) in [6.45, 7) is 5.48. The number of nitrogens with zero attached hydrogens (tertiary/aromatic N) is 4. The number of carbonyl (C=O) groups excluding carboxylic acids is 1. The number of fused-ring (bicyclic) bond motifs is 1. The van der Waals surface area contributed by atoms with Crippen LogP contribution in [-0.4, -0.2) is 45.4 Å². The number of ether oxygens (including phenoxy) is 2. The monoisotopic (exact) mass is 570 g/mol. The molecule has 0 bridgehead atoms. The van der Waals surface area contributed by atoms with Crippen LogP contribution < -0.4 is 15.3 Å². The van der Waals surface area contributed by atoms with Crippen molar-refractivity contribution in [1.29, 1.82) is 5.26 Å². The van der Waals surface area contributed by atoms with Crippen LogP contribution in [0.15, 0.2) is 48.8 Å². The maximum Gasteiger partial charge on any atom is 0.459 e. The summed E-state index contributed by atoms with van der Waals surface area (Å²) in [7, 11) is -4.17. The smallest absolute Gasteiger partial charge is 0.459 e. The molecule has 214 valence electrons. The molecule has 1 fully saturated rings. The topological polar surface area (TPSA) is 163 Å². The number of nitrogen functional groups attached to an aromatic ring is 1. The van der Waals surface area contributed by atoms with E-state index in [1.165, 1.54) is 13.3 Å². The fourth-order valence-corrected chi connectivity index (χ4v) is 5.98. The first-order valence-corrected chi connectivity index (χ1v) is 14.9. The molecule has 40 heavy (non-hydrogen) atoms. The molecular weight excluding hydrogens is 535 g/mol. The Morgan fingerprint density at radius 1 is 1.30 bits per heavy atom. The van der Waals surface area contributed by atoms with E-state index in [4.69, 9.17) is 24.3 Å². The molecule has 0 amide bonds. The zero-order chi connectivity index (χ0) is 28.8. The SMILES string of the molecule is CCC(CC)COC(=O)[C@H](C)NP(=O)(OC[C@]1(C#N)CC[C@H](c2ccc3c(N)ncnn23)O1)Oc1ccccc1. The van der Waals surface area contributed by atoms with Crippen molar-refractivity contribution >= 4 is 25.1 Å². The second kappa shape index (κ2) is 12.8. The van der Waals surface area contributed by atoms with Crippen molar-refractivity contribution in [1.82, 2.24) is 19.7 Å². The lowest BCUT2D eigenvalue weighted by atomic mass is 10.0. The second-order valence-electron chi connectivity index (χ2n) is 9.79. The highest BCUT2D eigenvalue weighted by molar-refractivity contribution is 7.52. The van der Waals surface area contributed by atoms with Crippen LogP contribution in [0.2, 0.25) is 0 Å². The van der Waals surface area contributed by atoms with E-state index in [9.17, 15) is 14.6 Å². The Morgan fingerprint density at radius 2 is 2.05 bits per heavy atom. The Morgan fingerprint density at radius 3 is 2.75 bits per heavy atom. The van der Waals surface area contributed by atoms with Crippen molar-refractivity contribution in [3.05, 3.63) is 54.5 Å². The average molecular weight is 571 g/mol. The number of benzene rings is 1. The summed E-state index contributed by atoms with van der Waals surface area (Å²) >= 11 is 0. The molecule has 0 spiro atoms. The molecule has 2 aromatic heterocycles. The van der Waals surface area contributed by atoms with Crippen LogP contribution in [0.4, 0.5) is 5.82 Å². The Balaban J connectivity index is 1.48. The first kappa shape index (κ1) is 29.5. The number of carbonyl (C=O) groups is 1. The van der Waals surface area contributed by atoms with Crippen LogP contribution in [0.25, 0.3) is 5.52 Å². The first-order chi connectivity index (χ1) is 19.2. The van der Waals surface area contributed by atoms with E-state index in [1.807, 2.05) is 19.9 Å². The van der Waals surface area contributed by atoms with Gasteiger partial charge in [-0.05, 0) is 49.9 Å². The number of esters is 1. The van der Waals surface area contributed by atoms with Crippen LogP contribution in [0.5, 0.6) is 5.75 Å². The highest BCUT2D eigenvalue weighted by Gasteiger charge is 2.45. The third-order valence-corrected chi connectivity index (χ3v) is 8.60. The normalized spacial score (nSPS) is 21.1. The number of hydrogen-bond acceptors (Lipinski definition) is 10. The van der Waals surface area contributed by atoms with Gasteiger partial charge in [0, 0.05) is 0 Å². The molecule has 0 aliphatic carbocycles. The lowest BCUT2D eigenvalue weighted by molar-refractivity contribution is -0.146. The summed E-state index contributed by atoms with van der Waals surface area (Å²) in [6, 6.07) is 13.2. The lowest BCUT2D eigenvalue weighted by Gasteiger charge is -2.27. The van der Waals surface area contributed by atoms with Gasteiger partial charge in [0.1, 0.15) is 42.4 Å². The van der Waals surface area contributed by atoms with Gasteiger partial charge in [0.05, 0.1) is 12.3 Å². The maximum atomic E-state index is 13.9. The molecule has 1 aliphatic heterocycles. The third kappa shape index (κ3) is 6.80. The minimum atomic E-state index is -4.17. The van der Waals surface area contributed by atoms with Crippen LogP contribution in [-0.2, 0) is 23.4 Å². The Kier molecular flexibility index (Phi) is 9.43. The number of rotatable bonds is 13. The predicted molar refractivity (Wildman–Crippen MR) is 147 cm³/mol. The van der Waals surface area contributed by atoms with E-state index in [0.717, 1.165) is 12.8 Å². The van der Waals surface area contributed by atoms with Crippen LogP contribution in [0, 0.1) is 17.2 Å². The van der Waals surface area contributed by atoms with Crippen LogP contribution in [0.3, 0.4) is 0 Å². The number of anilines is 1. The molecule has 1 saturated heterocycles. The van der Waals surface area contributed by atoms with Gasteiger partial charge < -0.3 is 19.7 Å². The van der Waals surface area contributed by atoms with Crippen LogP contribution in [0.1, 0.15) is 58.3 Å². The van der Waals surface area contributed by atoms with Crippen LogP contribution >= 0.6 is 7.75 Å². The van der Waals surface area contributed by atoms with Gasteiger partial charge in [-0.15, -0.1) is 0 Å². The van der Waals surface area contributed by atoms with Crippen molar-refractivity contribution in [2.45, 2.75) is 64.2 Å². The highest BCUT2D eigenvalue weighted by atomic mass is 31.2. The number of hydrogen-bond donors (Lipinski definition) is 2. The molecule has 0 radical (unpaired) electrons. The Bertz CT molecular complexity index is 1390. The van der Waals surface area contributed by atoms with Gasteiger partial charge in [0.15, 0.2) is 11.4 Å². The molecule has 1 aliphatic rings. The molecule has 3 heterocycles. The molecule has 3 N–H and O–H groups in total. The van der Waals surface area contributed by atoms with Gasteiger partial charge in [-0.2, -0.15) is 15.4 Å². The number of nitrogens with two attached hydrogens (primary N) is 1. The van der Waals surface area contributed by atoms with Crippen molar-refractivity contribution in [2.24, 2.45) is 5.92 Å². The van der Waals surface area contributed by atoms with Gasteiger partial charge in [-0.3, -0.25) is 9.32 Å². The van der Waals surface area contributed by atoms with Crippen molar-refractivity contribution in [2.75, 3.05) is 18.9 Å².